The van der Waals surface area contributed by atoms with Crippen LogP contribution >= 0.6 is 12.2 Å². The summed E-state index contributed by atoms with van der Waals surface area (Å²) in [6.07, 6.45) is 1.29. The molecule has 18 heavy (non-hydrogen) atoms. The average molecular weight is 280 g/mol. The van der Waals surface area contributed by atoms with Crippen LogP contribution in [0.1, 0.15) is 5.69 Å². The number of benzene rings is 1. The molecule has 0 aliphatic rings. The maximum absolute atomic E-state index is 13.5. The van der Waals surface area contributed by atoms with E-state index in [4.69, 9.17) is 12.2 Å². The smallest absolute Gasteiger partial charge is 0.200 e. The number of nitrogens with zero attached hydrogens (tertiary/aromatic N) is 1. The van der Waals surface area contributed by atoms with Crippen molar-refractivity contribution >= 4 is 12.2 Å². The Hall–Kier alpha value is -1.70. The molecule has 1 aromatic heterocycles. The molecule has 0 bridgehead atoms. The standard InChI is InChI=1S/C10H5F5N2S/c1-3-2-16-10(18)17(3)9-7(14)5(12)4(11)6(13)8(9)15/h2H,1H3,(H,16,18). The Morgan fingerprint density at radius 3 is 1.78 bits per heavy atom. The van der Waals surface area contributed by atoms with Gasteiger partial charge in [0.15, 0.2) is 28.0 Å². The molecule has 0 aliphatic carbocycles. The zero-order valence-corrected chi connectivity index (χ0v) is 9.64. The summed E-state index contributed by atoms with van der Waals surface area (Å²) in [5.74, 6) is -10.1. The number of rotatable bonds is 1. The Morgan fingerprint density at radius 2 is 1.39 bits per heavy atom. The fourth-order valence-electron chi connectivity index (χ4n) is 1.52. The molecule has 0 aliphatic heterocycles. The van der Waals surface area contributed by atoms with Gasteiger partial charge in [-0.2, -0.15) is 0 Å². The molecule has 0 atom stereocenters. The lowest BCUT2D eigenvalue weighted by molar-refractivity contribution is 0.375. The van der Waals surface area contributed by atoms with E-state index in [1.807, 2.05) is 0 Å². The van der Waals surface area contributed by atoms with E-state index < -0.39 is 34.8 Å². The predicted molar refractivity (Wildman–Crippen MR) is 55.5 cm³/mol. The normalized spacial score (nSPS) is 11.0. The summed E-state index contributed by atoms with van der Waals surface area (Å²) >= 11 is 4.73. The molecule has 1 N–H and O–H groups in total. The van der Waals surface area contributed by atoms with Crippen LogP contribution in [0.15, 0.2) is 6.20 Å². The van der Waals surface area contributed by atoms with Crippen LogP contribution < -0.4 is 0 Å². The zero-order valence-electron chi connectivity index (χ0n) is 8.82. The molecule has 1 heterocycles. The minimum Gasteiger partial charge on any atom is -0.337 e. The largest absolute Gasteiger partial charge is 0.337 e. The van der Waals surface area contributed by atoms with Gasteiger partial charge in [0.2, 0.25) is 5.82 Å². The number of nitrogens with one attached hydrogen (secondary N) is 1. The van der Waals surface area contributed by atoms with Crippen LogP contribution in [-0.2, 0) is 0 Å². The van der Waals surface area contributed by atoms with Gasteiger partial charge in [0.1, 0.15) is 5.69 Å². The SMILES string of the molecule is Cc1c[nH]c(=S)n1-c1c(F)c(F)c(F)c(F)c1F. The first-order valence-corrected chi connectivity index (χ1v) is 5.06. The summed E-state index contributed by atoms with van der Waals surface area (Å²) in [4.78, 5) is 2.45. The zero-order chi connectivity index (χ0) is 13.6. The minimum absolute atomic E-state index is 0.171. The highest BCUT2D eigenvalue weighted by molar-refractivity contribution is 7.71. The van der Waals surface area contributed by atoms with Gasteiger partial charge in [-0.05, 0) is 19.1 Å². The van der Waals surface area contributed by atoms with Crippen molar-refractivity contribution in [2.75, 3.05) is 0 Å². The van der Waals surface area contributed by atoms with Crippen molar-refractivity contribution in [2.24, 2.45) is 0 Å². The van der Waals surface area contributed by atoms with Crippen molar-refractivity contribution in [2.45, 2.75) is 6.92 Å². The first kappa shape index (κ1) is 12.7. The molecule has 2 nitrogen and oxygen atoms in total. The summed E-state index contributed by atoms with van der Waals surface area (Å²) in [6.45, 7) is 1.41. The van der Waals surface area contributed by atoms with E-state index >= 15 is 0 Å². The molecular formula is C10H5F5N2S. The third kappa shape index (κ3) is 1.64. The maximum Gasteiger partial charge on any atom is 0.200 e. The van der Waals surface area contributed by atoms with E-state index in [-0.39, 0.29) is 10.5 Å². The van der Waals surface area contributed by atoms with E-state index in [1.165, 1.54) is 13.1 Å². The molecule has 96 valence electrons. The van der Waals surface area contributed by atoms with Gasteiger partial charge in [-0.25, -0.2) is 22.0 Å². The molecule has 0 unspecified atom stereocenters. The van der Waals surface area contributed by atoms with Crippen LogP contribution in [0.3, 0.4) is 0 Å². The fraction of sp³-hybridized carbons (Fsp3) is 0.100. The van der Waals surface area contributed by atoms with Crippen molar-refractivity contribution in [3.8, 4) is 5.69 Å². The quantitative estimate of drug-likeness (QED) is 0.367. The number of aromatic amines is 1. The molecule has 1 aromatic carbocycles. The van der Waals surface area contributed by atoms with Crippen molar-refractivity contribution in [1.29, 1.82) is 0 Å². The summed E-state index contributed by atoms with van der Waals surface area (Å²) in [6, 6.07) is 0. The van der Waals surface area contributed by atoms with E-state index in [2.05, 4.69) is 4.98 Å². The van der Waals surface area contributed by atoms with Gasteiger partial charge in [-0.15, -0.1) is 0 Å². The number of imidazole rings is 1. The molecule has 8 heteroatoms. The first-order chi connectivity index (χ1) is 8.36. The van der Waals surface area contributed by atoms with Crippen LogP contribution in [0.4, 0.5) is 22.0 Å². The second-order valence-corrected chi connectivity index (χ2v) is 3.88. The Kier molecular flexibility index (Phi) is 2.97. The van der Waals surface area contributed by atoms with Crippen LogP contribution in [0, 0.1) is 40.8 Å². The highest BCUT2D eigenvalue weighted by Gasteiger charge is 2.27. The molecule has 0 fully saturated rings. The summed E-state index contributed by atoms with van der Waals surface area (Å²) < 4.78 is 66.6. The molecule has 0 spiro atoms. The Morgan fingerprint density at radius 1 is 0.944 bits per heavy atom. The minimum atomic E-state index is -2.20. The summed E-state index contributed by atoms with van der Waals surface area (Å²) in [5.41, 5.74) is -0.877. The highest BCUT2D eigenvalue weighted by Crippen LogP contribution is 2.27. The fourth-order valence-corrected chi connectivity index (χ4v) is 1.82. The molecule has 0 saturated heterocycles. The van der Waals surface area contributed by atoms with E-state index in [9.17, 15) is 22.0 Å². The predicted octanol–water partition coefficient (Wildman–Crippen LogP) is 3.54. The molecule has 2 rings (SSSR count). The van der Waals surface area contributed by atoms with Gasteiger partial charge in [-0.1, -0.05) is 0 Å². The van der Waals surface area contributed by atoms with Crippen LogP contribution in [0.2, 0.25) is 0 Å². The number of halogens is 5. The van der Waals surface area contributed by atoms with Crippen molar-refractivity contribution in [3.63, 3.8) is 0 Å². The van der Waals surface area contributed by atoms with E-state index in [0.29, 0.717) is 0 Å². The lowest BCUT2D eigenvalue weighted by Gasteiger charge is -2.10. The van der Waals surface area contributed by atoms with Gasteiger partial charge < -0.3 is 4.98 Å². The second kappa shape index (κ2) is 4.20. The molecule has 0 saturated carbocycles. The lowest BCUT2D eigenvalue weighted by Crippen LogP contribution is -2.10. The maximum atomic E-state index is 13.5. The highest BCUT2D eigenvalue weighted by atomic mass is 32.1. The first-order valence-electron chi connectivity index (χ1n) is 4.65. The Bertz CT molecular complexity index is 659. The van der Waals surface area contributed by atoms with Crippen molar-refractivity contribution < 1.29 is 22.0 Å². The topological polar surface area (TPSA) is 20.7 Å². The average Bonchev–Trinajstić information content (AvgIpc) is 2.66. The Labute approximate surface area is 103 Å². The molecular weight excluding hydrogens is 275 g/mol. The van der Waals surface area contributed by atoms with Gasteiger partial charge in [-0.3, -0.25) is 4.57 Å². The van der Waals surface area contributed by atoms with Crippen LogP contribution in [-0.4, -0.2) is 9.55 Å². The second-order valence-electron chi connectivity index (χ2n) is 3.49. The summed E-state index contributed by atoms with van der Waals surface area (Å²) in [7, 11) is 0. The monoisotopic (exact) mass is 280 g/mol. The number of aromatic nitrogens is 2. The van der Waals surface area contributed by atoms with E-state index in [1.54, 1.807) is 0 Å². The van der Waals surface area contributed by atoms with Gasteiger partial charge in [0, 0.05) is 11.9 Å². The third-order valence-electron chi connectivity index (χ3n) is 2.37. The van der Waals surface area contributed by atoms with Crippen LogP contribution in [0.5, 0.6) is 0 Å². The van der Waals surface area contributed by atoms with E-state index in [0.717, 1.165) is 4.57 Å². The third-order valence-corrected chi connectivity index (χ3v) is 2.67. The van der Waals surface area contributed by atoms with Gasteiger partial charge in [0.25, 0.3) is 0 Å². The number of hydrogen-bond acceptors (Lipinski definition) is 1. The van der Waals surface area contributed by atoms with Gasteiger partial charge in [0.05, 0.1) is 0 Å². The molecule has 0 amide bonds. The lowest BCUT2D eigenvalue weighted by atomic mass is 10.2. The van der Waals surface area contributed by atoms with Crippen LogP contribution in [0.25, 0.3) is 5.69 Å². The summed E-state index contributed by atoms with van der Waals surface area (Å²) in [5, 5.41) is 0. The number of aryl methyl sites for hydroxylation is 1. The van der Waals surface area contributed by atoms with Gasteiger partial charge >= 0.3 is 0 Å². The number of hydrogen-bond donors (Lipinski definition) is 1. The number of H-pyrrole nitrogens is 1. The molecule has 0 radical (unpaired) electrons. The Balaban J connectivity index is 2.93. The van der Waals surface area contributed by atoms with Crippen molar-refractivity contribution in [3.05, 3.63) is 45.7 Å². The molecule has 2 aromatic rings. The van der Waals surface area contributed by atoms with Crippen molar-refractivity contribution in [1.82, 2.24) is 9.55 Å².